The van der Waals surface area contributed by atoms with Gasteiger partial charge in [-0.2, -0.15) is 9.61 Å². The van der Waals surface area contributed by atoms with E-state index < -0.39 is 0 Å². The number of hydrogen-bond donors (Lipinski definition) is 0. The molecule has 27 heavy (non-hydrogen) atoms. The van der Waals surface area contributed by atoms with Crippen LogP contribution in [0.15, 0.2) is 59.0 Å². The molecule has 0 saturated carbocycles. The third-order valence-corrected chi connectivity index (χ3v) is 5.43. The van der Waals surface area contributed by atoms with Crippen molar-refractivity contribution in [3.63, 3.8) is 0 Å². The van der Waals surface area contributed by atoms with Crippen LogP contribution < -0.4 is 9.47 Å². The Morgan fingerprint density at radius 2 is 1.85 bits per heavy atom. The first-order valence-electron chi connectivity index (χ1n) is 8.45. The third kappa shape index (κ3) is 2.30. The monoisotopic (exact) mass is 376 g/mol. The summed E-state index contributed by atoms with van der Waals surface area (Å²) in [5.74, 6) is 2.67. The van der Waals surface area contributed by atoms with E-state index in [-0.39, 0.29) is 6.10 Å². The fourth-order valence-electron chi connectivity index (χ4n) is 3.15. The number of fused-ring (bicyclic) bond motifs is 3. The van der Waals surface area contributed by atoms with E-state index in [9.17, 15) is 0 Å². The predicted octanol–water partition coefficient (Wildman–Crippen LogP) is 4.11. The first-order valence-corrected chi connectivity index (χ1v) is 9.26. The van der Waals surface area contributed by atoms with Gasteiger partial charge in [-0.05, 0) is 24.3 Å². The summed E-state index contributed by atoms with van der Waals surface area (Å²) in [4.78, 5) is 0.683. The molecule has 0 amide bonds. The molecule has 1 aliphatic rings. The Morgan fingerprint density at radius 3 is 2.78 bits per heavy atom. The maximum Gasteiger partial charge on any atom is 0.235 e. The van der Waals surface area contributed by atoms with Crippen molar-refractivity contribution < 1.29 is 13.9 Å². The molecule has 4 heterocycles. The van der Waals surface area contributed by atoms with Gasteiger partial charge in [0.2, 0.25) is 10.8 Å². The second kappa shape index (κ2) is 5.55. The highest BCUT2D eigenvalue weighted by molar-refractivity contribution is 7.16. The Morgan fingerprint density at radius 1 is 1.00 bits per heavy atom. The van der Waals surface area contributed by atoms with Crippen LogP contribution in [0.1, 0.15) is 11.1 Å². The maximum absolute atomic E-state index is 6.05. The van der Waals surface area contributed by atoms with Gasteiger partial charge in [0.25, 0.3) is 0 Å². The standard InChI is InChI=1S/C19H12N4O3S/c1-2-6-12-11(5-1)9-15(25-12)17-20-21-19-23(17)22-18(27-19)16-10-24-13-7-3-4-8-14(13)26-16/h1-9,16H,10H2. The lowest BCUT2D eigenvalue weighted by Gasteiger charge is -2.24. The molecule has 132 valence electrons. The zero-order valence-electron chi connectivity index (χ0n) is 13.9. The molecule has 6 rings (SSSR count). The molecule has 0 aliphatic carbocycles. The second-order valence-corrected chi connectivity index (χ2v) is 7.16. The van der Waals surface area contributed by atoms with Crippen LogP contribution in [-0.4, -0.2) is 26.4 Å². The molecule has 7 nitrogen and oxygen atoms in total. The lowest BCUT2D eigenvalue weighted by atomic mass is 10.2. The molecular formula is C19H12N4O3S. The van der Waals surface area contributed by atoms with Crippen molar-refractivity contribution >= 4 is 27.3 Å². The Hall–Kier alpha value is -3.39. The van der Waals surface area contributed by atoms with E-state index in [0.29, 0.717) is 23.2 Å². The fourth-order valence-corrected chi connectivity index (χ4v) is 4.00. The summed E-state index contributed by atoms with van der Waals surface area (Å²) in [5, 5.41) is 14.9. The van der Waals surface area contributed by atoms with Gasteiger partial charge >= 0.3 is 0 Å². The highest BCUT2D eigenvalue weighted by Gasteiger charge is 2.27. The van der Waals surface area contributed by atoms with Gasteiger partial charge in [0.1, 0.15) is 12.2 Å². The number of rotatable bonds is 2. The quantitative estimate of drug-likeness (QED) is 0.462. The van der Waals surface area contributed by atoms with Gasteiger partial charge in [-0.3, -0.25) is 0 Å². The van der Waals surface area contributed by atoms with Gasteiger partial charge in [0.05, 0.1) is 0 Å². The van der Waals surface area contributed by atoms with Crippen LogP contribution in [-0.2, 0) is 0 Å². The van der Waals surface area contributed by atoms with Gasteiger partial charge in [-0.1, -0.05) is 41.7 Å². The highest BCUT2D eigenvalue weighted by atomic mass is 32.1. The van der Waals surface area contributed by atoms with Crippen LogP contribution in [0.2, 0.25) is 0 Å². The average molecular weight is 376 g/mol. The number of nitrogens with zero attached hydrogens (tertiary/aromatic N) is 4. The van der Waals surface area contributed by atoms with Crippen LogP contribution in [0, 0.1) is 0 Å². The first kappa shape index (κ1) is 14.7. The van der Waals surface area contributed by atoms with Crippen molar-refractivity contribution in [3.05, 3.63) is 59.6 Å². The molecule has 5 aromatic rings. The second-order valence-electron chi connectivity index (χ2n) is 6.17. The largest absolute Gasteiger partial charge is 0.485 e. The van der Waals surface area contributed by atoms with Crippen molar-refractivity contribution in [3.8, 4) is 23.1 Å². The summed E-state index contributed by atoms with van der Waals surface area (Å²) < 4.78 is 19.4. The first-order chi connectivity index (χ1) is 13.3. The van der Waals surface area contributed by atoms with E-state index in [0.717, 1.165) is 27.5 Å². The van der Waals surface area contributed by atoms with E-state index in [1.165, 1.54) is 11.3 Å². The lowest BCUT2D eigenvalue weighted by molar-refractivity contribution is 0.0904. The van der Waals surface area contributed by atoms with Gasteiger partial charge in [0, 0.05) is 5.39 Å². The van der Waals surface area contributed by atoms with Crippen molar-refractivity contribution in [1.82, 2.24) is 19.8 Å². The molecule has 0 fully saturated rings. The summed E-state index contributed by atoms with van der Waals surface area (Å²) in [5.41, 5.74) is 0.806. The Labute approximate surface area is 156 Å². The molecule has 0 N–H and O–H groups in total. The van der Waals surface area contributed by atoms with E-state index >= 15 is 0 Å². The van der Waals surface area contributed by atoms with Crippen LogP contribution >= 0.6 is 11.3 Å². The SMILES string of the molecule is c1ccc2c(c1)OCC(c1nn3c(-c4cc5ccccc5o4)nnc3s1)O2. The molecular weight excluding hydrogens is 364 g/mol. The summed E-state index contributed by atoms with van der Waals surface area (Å²) in [6, 6.07) is 17.4. The van der Waals surface area contributed by atoms with Crippen LogP contribution in [0.3, 0.4) is 0 Å². The molecule has 1 unspecified atom stereocenters. The normalized spacial score (nSPS) is 16.2. The average Bonchev–Trinajstić information content (AvgIpc) is 3.40. The summed E-state index contributed by atoms with van der Waals surface area (Å²) >= 11 is 1.43. The van der Waals surface area contributed by atoms with Crippen LogP contribution in [0.4, 0.5) is 0 Å². The van der Waals surface area contributed by atoms with Crippen molar-refractivity contribution in [2.75, 3.05) is 6.61 Å². The minimum Gasteiger partial charge on any atom is -0.485 e. The summed E-state index contributed by atoms with van der Waals surface area (Å²) in [7, 11) is 0. The van der Waals surface area contributed by atoms with Gasteiger partial charge in [0.15, 0.2) is 28.4 Å². The number of aromatic nitrogens is 4. The molecule has 1 atom stereocenters. The van der Waals surface area contributed by atoms with Crippen LogP contribution in [0.25, 0.3) is 27.5 Å². The smallest absolute Gasteiger partial charge is 0.235 e. The Balaban J connectivity index is 1.39. The van der Waals surface area contributed by atoms with Gasteiger partial charge in [-0.15, -0.1) is 10.2 Å². The Kier molecular flexibility index (Phi) is 3.03. The molecule has 3 aromatic heterocycles. The number of para-hydroxylation sites is 3. The van der Waals surface area contributed by atoms with Crippen molar-refractivity contribution in [2.45, 2.75) is 6.10 Å². The van der Waals surface area contributed by atoms with Crippen molar-refractivity contribution in [2.24, 2.45) is 0 Å². The van der Waals surface area contributed by atoms with E-state index in [2.05, 4.69) is 15.3 Å². The summed E-state index contributed by atoms with van der Waals surface area (Å²) in [6.07, 6.45) is -0.282. The molecule has 8 heteroatoms. The Bertz CT molecular complexity index is 1260. The maximum atomic E-state index is 6.05. The predicted molar refractivity (Wildman–Crippen MR) is 99.2 cm³/mol. The van der Waals surface area contributed by atoms with Gasteiger partial charge < -0.3 is 13.9 Å². The van der Waals surface area contributed by atoms with Crippen LogP contribution in [0.5, 0.6) is 11.5 Å². The lowest BCUT2D eigenvalue weighted by Crippen LogP contribution is -2.21. The fraction of sp³-hybridized carbons (Fsp3) is 0.105. The zero-order chi connectivity index (χ0) is 17.8. The molecule has 2 aromatic carbocycles. The number of hydrogen-bond acceptors (Lipinski definition) is 7. The van der Waals surface area contributed by atoms with Gasteiger partial charge in [-0.25, -0.2) is 0 Å². The zero-order valence-corrected chi connectivity index (χ0v) is 14.7. The number of ether oxygens (including phenoxy) is 2. The summed E-state index contributed by atoms with van der Waals surface area (Å²) in [6.45, 7) is 0.404. The molecule has 0 radical (unpaired) electrons. The third-order valence-electron chi connectivity index (χ3n) is 4.44. The number of furan rings is 1. The molecule has 1 aliphatic heterocycles. The molecule has 0 spiro atoms. The minimum absolute atomic E-state index is 0.282. The molecule has 0 saturated heterocycles. The molecule has 0 bridgehead atoms. The van der Waals surface area contributed by atoms with E-state index in [1.807, 2.05) is 54.6 Å². The van der Waals surface area contributed by atoms with E-state index in [4.69, 9.17) is 13.9 Å². The van der Waals surface area contributed by atoms with E-state index in [1.54, 1.807) is 4.52 Å². The topological polar surface area (TPSA) is 74.7 Å². The highest BCUT2D eigenvalue weighted by Crippen LogP contribution is 2.37. The minimum atomic E-state index is -0.282. The number of benzene rings is 2. The van der Waals surface area contributed by atoms with Crippen molar-refractivity contribution in [1.29, 1.82) is 0 Å².